The Bertz CT molecular complexity index is 652. The summed E-state index contributed by atoms with van der Waals surface area (Å²) in [5.74, 6) is -0.0770. The standard InChI is InChI=1S/C21H31N3O3/c1-3-4-5-13-22-20(26)16-9-11-17(12-10-16)21(27)24-19-8-6-7-18(14-19)23-15(2)25/h6-8,14,16-17H,3-5,9-13H2,1-2H3,(H,22,26)(H,23,25)(H,24,27). The maximum Gasteiger partial charge on any atom is 0.227 e. The number of hydrogen-bond acceptors (Lipinski definition) is 3. The quantitative estimate of drug-likeness (QED) is 0.607. The maximum atomic E-state index is 12.5. The normalized spacial score (nSPS) is 19.2. The average molecular weight is 373 g/mol. The highest BCUT2D eigenvalue weighted by Gasteiger charge is 2.29. The first-order valence-electron chi connectivity index (χ1n) is 9.95. The van der Waals surface area contributed by atoms with Crippen molar-refractivity contribution < 1.29 is 14.4 Å². The zero-order chi connectivity index (χ0) is 19.6. The predicted molar refractivity (Wildman–Crippen MR) is 107 cm³/mol. The fraction of sp³-hybridized carbons (Fsp3) is 0.571. The average Bonchev–Trinajstić information content (AvgIpc) is 2.65. The predicted octanol–water partition coefficient (Wildman–Crippen LogP) is 3.70. The van der Waals surface area contributed by atoms with Gasteiger partial charge >= 0.3 is 0 Å². The molecule has 1 aliphatic rings. The van der Waals surface area contributed by atoms with Gasteiger partial charge in [0.1, 0.15) is 0 Å². The van der Waals surface area contributed by atoms with Crippen LogP contribution in [0.3, 0.4) is 0 Å². The van der Waals surface area contributed by atoms with Crippen molar-refractivity contribution >= 4 is 29.1 Å². The summed E-state index contributed by atoms with van der Waals surface area (Å²) in [7, 11) is 0. The molecule has 27 heavy (non-hydrogen) atoms. The van der Waals surface area contributed by atoms with Crippen molar-refractivity contribution in [2.45, 2.75) is 58.8 Å². The van der Waals surface area contributed by atoms with Crippen LogP contribution in [0, 0.1) is 11.8 Å². The van der Waals surface area contributed by atoms with E-state index in [1.807, 2.05) is 0 Å². The number of benzene rings is 1. The fourth-order valence-electron chi connectivity index (χ4n) is 3.47. The van der Waals surface area contributed by atoms with Crippen molar-refractivity contribution in [1.82, 2.24) is 5.32 Å². The highest BCUT2D eigenvalue weighted by molar-refractivity contribution is 5.94. The van der Waals surface area contributed by atoms with Crippen LogP contribution < -0.4 is 16.0 Å². The van der Waals surface area contributed by atoms with Crippen molar-refractivity contribution in [3.05, 3.63) is 24.3 Å². The van der Waals surface area contributed by atoms with Gasteiger partial charge < -0.3 is 16.0 Å². The summed E-state index contributed by atoms with van der Waals surface area (Å²) in [6.07, 6.45) is 6.26. The Morgan fingerprint density at radius 1 is 0.926 bits per heavy atom. The lowest BCUT2D eigenvalue weighted by molar-refractivity contribution is -0.128. The second-order valence-corrected chi connectivity index (χ2v) is 7.30. The van der Waals surface area contributed by atoms with Crippen LogP contribution in [-0.4, -0.2) is 24.3 Å². The molecule has 0 spiro atoms. The van der Waals surface area contributed by atoms with Crippen LogP contribution in [0.5, 0.6) is 0 Å². The van der Waals surface area contributed by atoms with Crippen molar-refractivity contribution in [2.75, 3.05) is 17.2 Å². The van der Waals surface area contributed by atoms with Crippen molar-refractivity contribution in [1.29, 1.82) is 0 Å². The number of rotatable bonds is 8. The summed E-state index contributed by atoms with van der Waals surface area (Å²) in [4.78, 5) is 35.9. The number of carbonyl (C=O) groups is 3. The Morgan fingerprint density at radius 2 is 1.52 bits per heavy atom. The maximum absolute atomic E-state index is 12.5. The largest absolute Gasteiger partial charge is 0.356 e. The number of unbranched alkanes of at least 4 members (excludes halogenated alkanes) is 2. The molecule has 0 aliphatic heterocycles. The molecular weight excluding hydrogens is 342 g/mol. The second-order valence-electron chi connectivity index (χ2n) is 7.30. The Morgan fingerprint density at radius 3 is 2.11 bits per heavy atom. The van der Waals surface area contributed by atoms with E-state index >= 15 is 0 Å². The smallest absolute Gasteiger partial charge is 0.227 e. The molecule has 1 fully saturated rings. The molecule has 0 saturated heterocycles. The second kappa shape index (κ2) is 10.7. The van der Waals surface area contributed by atoms with Crippen LogP contribution >= 0.6 is 0 Å². The molecule has 3 amide bonds. The van der Waals surface area contributed by atoms with E-state index in [2.05, 4.69) is 22.9 Å². The number of nitrogens with one attached hydrogen (secondary N) is 3. The van der Waals surface area contributed by atoms with Crippen LogP contribution in [0.15, 0.2) is 24.3 Å². The molecule has 148 valence electrons. The van der Waals surface area contributed by atoms with E-state index < -0.39 is 0 Å². The molecule has 1 saturated carbocycles. The Labute approximate surface area is 161 Å². The van der Waals surface area contributed by atoms with Crippen molar-refractivity contribution in [3.8, 4) is 0 Å². The molecule has 0 radical (unpaired) electrons. The summed E-state index contributed by atoms with van der Waals surface area (Å²) in [6, 6.07) is 7.12. The molecule has 0 heterocycles. The minimum atomic E-state index is -0.148. The number of hydrogen-bond donors (Lipinski definition) is 3. The zero-order valence-corrected chi connectivity index (χ0v) is 16.3. The first-order chi connectivity index (χ1) is 13.0. The van der Waals surface area contributed by atoms with E-state index in [4.69, 9.17) is 0 Å². The van der Waals surface area contributed by atoms with Crippen LogP contribution in [0.25, 0.3) is 0 Å². The highest BCUT2D eigenvalue weighted by Crippen LogP contribution is 2.30. The molecule has 0 atom stereocenters. The third kappa shape index (κ3) is 7.04. The van der Waals surface area contributed by atoms with E-state index in [0.29, 0.717) is 11.4 Å². The first-order valence-corrected chi connectivity index (χ1v) is 9.95. The third-order valence-corrected chi connectivity index (χ3v) is 5.00. The molecule has 0 bridgehead atoms. The number of amides is 3. The van der Waals surface area contributed by atoms with Crippen molar-refractivity contribution in [3.63, 3.8) is 0 Å². The summed E-state index contributed by atoms with van der Waals surface area (Å²) < 4.78 is 0. The van der Waals surface area contributed by atoms with E-state index in [9.17, 15) is 14.4 Å². The molecule has 6 heteroatoms. The lowest BCUT2D eigenvalue weighted by atomic mass is 9.81. The molecule has 1 aromatic rings. The lowest BCUT2D eigenvalue weighted by Crippen LogP contribution is -2.35. The van der Waals surface area contributed by atoms with Gasteiger partial charge in [-0.25, -0.2) is 0 Å². The fourth-order valence-corrected chi connectivity index (χ4v) is 3.47. The third-order valence-electron chi connectivity index (χ3n) is 5.00. The van der Waals surface area contributed by atoms with Crippen LogP contribution in [0.1, 0.15) is 58.8 Å². The Balaban J connectivity index is 1.78. The van der Waals surface area contributed by atoms with Gasteiger partial charge in [0.05, 0.1) is 0 Å². The Kier molecular flexibility index (Phi) is 8.30. The summed E-state index contributed by atoms with van der Waals surface area (Å²) in [5.41, 5.74) is 1.32. The SMILES string of the molecule is CCCCCNC(=O)C1CCC(C(=O)Nc2cccc(NC(C)=O)c2)CC1. The molecule has 2 rings (SSSR count). The van der Waals surface area contributed by atoms with Crippen LogP contribution in [0.2, 0.25) is 0 Å². The zero-order valence-electron chi connectivity index (χ0n) is 16.3. The van der Waals surface area contributed by atoms with Gasteiger partial charge in [0.2, 0.25) is 17.7 Å². The van der Waals surface area contributed by atoms with E-state index in [-0.39, 0.29) is 29.6 Å². The van der Waals surface area contributed by atoms with Gasteiger partial charge in [0, 0.05) is 36.7 Å². The van der Waals surface area contributed by atoms with E-state index in [1.165, 1.54) is 6.92 Å². The molecule has 0 unspecified atom stereocenters. The highest BCUT2D eigenvalue weighted by atomic mass is 16.2. The minimum absolute atomic E-state index is 0.0169. The van der Waals surface area contributed by atoms with Gasteiger partial charge in [0.25, 0.3) is 0 Å². The molecular formula is C21H31N3O3. The van der Waals surface area contributed by atoms with E-state index in [0.717, 1.165) is 51.5 Å². The molecule has 3 N–H and O–H groups in total. The van der Waals surface area contributed by atoms with Gasteiger partial charge in [-0.3, -0.25) is 14.4 Å². The van der Waals surface area contributed by atoms with Gasteiger partial charge in [-0.15, -0.1) is 0 Å². The van der Waals surface area contributed by atoms with Crippen molar-refractivity contribution in [2.24, 2.45) is 11.8 Å². The molecule has 0 aromatic heterocycles. The topological polar surface area (TPSA) is 87.3 Å². The van der Waals surface area contributed by atoms with Gasteiger partial charge in [-0.2, -0.15) is 0 Å². The first kappa shape index (κ1) is 20.9. The Hall–Kier alpha value is -2.37. The van der Waals surface area contributed by atoms with Gasteiger partial charge in [0.15, 0.2) is 0 Å². The van der Waals surface area contributed by atoms with E-state index in [1.54, 1.807) is 24.3 Å². The monoisotopic (exact) mass is 373 g/mol. The van der Waals surface area contributed by atoms with Crippen LogP contribution in [-0.2, 0) is 14.4 Å². The summed E-state index contributed by atoms with van der Waals surface area (Å²) >= 11 is 0. The molecule has 6 nitrogen and oxygen atoms in total. The van der Waals surface area contributed by atoms with Gasteiger partial charge in [-0.05, 0) is 50.3 Å². The number of anilines is 2. The minimum Gasteiger partial charge on any atom is -0.356 e. The molecule has 1 aliphatic carbocycles. The lowest BCUT2D eigenvalue weighted by Gasteiger charge is -2.27. The summed E-state index contributed by atoms with van der Waals surface area (Å²) in [6.45, 7) is 4.34. The summed E-state index contributed by atoms with van der Waals surface area (Å²) in [5, 5.41) is 8.65. The number of carbonyl (C=O) groups excluding carboxylic acids is 3. The van der Waals surface area contributed by atoms with Crippen LogP contribution in [0.4, 0.5) is 11.4 Å². The van der Waals surface area contributed by atoms with Gasteiger partial charge in [-0.1, -0.05) is 25.8 Å². The molecule has 1 aromatic carbocycles.